The van der Waals surface area contributed by atoms with Crippen molar-refractivity contribution in [2.24, 2.45) is 7.05 Å². The van der Waals surface area contributed by atoms with Crippen LogP contribution in [0.25, 0.3) is 22.4 Å². The van der Waals surface area contributed by atoms with Gasteiger partial charge >= 0.3 is 5.76 Å². The monoisotopic (exact) mass is 321 g/mol. The number of nitrogens with one attached hydrogen (secondary N) is 1. The lowest BCUT2D eigenvalue weighted by molar-refractivity contribution is 0.390. The summed E-state index contributed by atoms with van der Waals surface area (Å²) in [6.07, 6.45) is 0. The second-order valence-electron chi connectivity index (χ2n) is 5.51. The number of aromatic nitrogens is 2. The lowest BCUT2D eigenvalue weighted by Gasteiger charge is -2.03. The van der Waals surface area contributed by atoms with Gasteiger partial charge < -0.3 is 14.3 Å². The molecule has 0 aliphatic carbocycles. The zero-order valence-corrected chi connectivity index (χ0v) is 13.0. The van der Waals surface area contributed by atoms with Crippen molar-refractivity contribution >= 4 is 16.8 Å². The summed E-state index contributed by atoms with van der Waals surface area (Å²) >= 11 is 0. The van der Waals surface area contributed by atoms with E-state index in [1.807, 2.05) is 48.5 Å². The van der Waals surface area contributed by atoms with Gasteiger partial charge in [-0.3, -0.25) is 4.57 Å². The Morgan fingerprint density at radius 3 is 2.79 bits per heavy atom. The summed E-state index contributed by atoms with van der Waals surface area (Å²) in [6.45, 7) is 0.497. The van der Waals surface area contributed by atoms with Crippen LogP contribution < -0.4 is 11.1 Å². The van der Waals surface area contributed by atoms with Crippen molar-refractivity contribution in [3.05, 3.63) is 70.9 Å². The van der Waals surface area contributed by atoms with E-state index in [-0.39, 0.29) is 5.76 Å². The summed E-state index contributed by atoms with van der Waals surface area (Å²) in [6, 6.07) is 17.3. The van der Waals surface area contributed by atoms with E-state index in [1.54, 1.807) is 13.1 Å². The van der Waals surface area contributed by atoms with E-state index in [4.69, 9.17) is 8.94 Å². The number of nitrogens with zero attached hydrogens (tertiary/aromatic N) is 2. The van der Waals surface area contributed by atoms with Gasteiger partial charge in [-0.1, -0.05) is 35.5 Å². The van der Waals surface area contributed by atoms with Crippen LogP contribution in [0.3, 0.4) is 0 Å². The van der Waals surface area contributed by atoms with Gasteiger partial charge in [0.2, 0.25) is 0 Å². The summed E-state index contributed by atoms with van der Waals surface area (Å²) in [5, 5.41) is 7.35. The third-order valence-corrected chi connectivity index (χ3v) is 3.89. The van der Waals surface area contributed by atoms with Crippen molar-refractivity contribution in [1.29, 1.82) is 0 Å². The Balaban J connectivity index is 1.52. The number of anilines is 1. The van der Waals surface area contributed by atoms with Gasteiger partial charge in [-0.2, -0.15) is 0 Å². The highest BCUT2D eigenvalue weighted by Crippen LogP contribution is 2.21. The summed E-state index contributed by atoms with van der Waals surface area (Å²) in [5.74, 6) is 0.361. The van der Waals surface area contributed by atoms with Crippen LogP contribution in [0.2, 0.25) is 0 Å². The van der Waals surface area contributed by atoms with Gasteiger partial charge in [-0.05, 0) is 18.2 Å². The molecule has 6 heteroatoms. The number of oxazole rings is 1. The largest absolute Gasteiger partial charge is 0.419 e. The molecule has 1 N–H and O–H groups in total. The summed E-state index contributed by atoms with van der Waals surface area (Å²) < 4.78 is 12.0. The van der Waals surface area contributed by atoms with Crippen LogP contribution >= 0.6 is 0 Å². The summed E-state index contributed by atoms with van der Waals surface area (Å²) in [5.41, 5.74) is 4.01. The molecule has 0 aliphatic rings. The van der Waals surface area contributed by atoms with E-state index in [0.29, 0.717) is 12.1 Å². The highest BCUT2D eigenvalue weighted by atomic mass is 16.5. The van der Waals surface area contributed by atoms with Gasteiger partial charge in [-0.25, -0.2) is 4.79 Å². The minimum atomic E-state index is -0.370. The first-order valence-corrected chi connectivity index (χ1v) is 7.55. The number of hydrogen-bond acceptors (Lipinski definition) is 5. The zero-order valence-electron chi connectivity index (χ0n) is 13.0. The lowest BCUT2D eigenvalue weighted by atomic mass is 10.1. The van der Waals surface area contributed by atoms with Crippen LogP contribution in [0.15, 0.2) is 68.3 Å². The maximum atomic E-state index is 11.5. The molecule has 120 valence electrons. The van der Waals surface area contributed by atoms with Crippen LogP contribution in [0.4, 0.5) is 5.69 Å². The standard InChI is InChI=1S/C18H15N3O3/c1-21-16-9-13(7-8-17(16)23-18(21)22)19-11-14-10-15(20-24-14)12-5-3-2-4-6-12/h2-10,19H,11H2,1H3. The summed E-state index contributed by atoms with van der Waals surface area (Å²) in [7, 11) is 1.68. The second-order valence-corrected chi connectivity index (χ2v) is 5.51. The fraction of sp³-hybridized carbons (Fsp3) is 0.111. The fourth-order valence-electron chi connectivity index (χ4n) is 2.57. The Hall–Kier alpha value is -3.28. The molecule has 0 bridgehead atoms. The minimum absolute atomic E-state index is 0.370. The van der Waals surface area contributed by atoms with E-state index < -0.39 is 0 Å². The average Bonchev–Trinajstić information content (AvgIpc) is 3.20. The normalized spacial score (nSPS) is 11.0. The molecule has 6 nitrogen and oxygen atoms in total. The predicted octanol–water partition coefficient (Wildman–Crippen LogP) is 3.40. The van der Waals surface area contributed by atoms with Gasteiger partial charge in [0, 0.05) is 24.4 Å². The molecule has 0 amide bonds. The van der Waals surface area contributed by atoms with E-state index in [2.05, 4.69) is 10.5 Å². The van der Waals surface area contributed by atoms with Gasteiger partial charge in [0.15, 0.2) is 11.3 Å². The highest BCUT2D eigenvalue weighted by Gasteiger charge is 2.08. The van der Waals surface area contributed by atoms with Crippen LogP contribution in [0, 0.1) is 0 Å². The Kier molecular flexibility index (Phi) is 3.42. The molecule has 0 radical (unpaired) electrons. The first-order valence-electron chi connectivity index (χ1n) is 7.55. The number of rotatable bonds is 4. The number of fused-ring (bicyclic) bond motifs is 1. The summed E-state index contributed by atoms with van der Waals surface area (Å²) in [4.78, 5) is 11.5. The van der Waals surface area contributed by atoms with Crippen molar-refractivity contribution in [3.8, 4) is 11.3 Å². The molecule has 0 aliphatic heterocycles. The molecule has 0 saturated heterocycles. The van der Waals surface area contributed by atoms with Crippen molar-refractivity contribution in [2.45, 2.75) is 6.54 Å². The minimum Gasteiger partial charge on any atom is -0.408 e. The molecule has 24 heavy (non-hydrogen) atoms. The molecule has 2 aromatic carbocycles. The zero-order chi connectivity index (χ0) is 16.5. The molecule has 0 atom stereocenters. The Labute approximate surface area is 137 Å². The Bertz CT molecular complexity index is 1040. The maximum absolute atomic E-state index is 11.5. The quantitative estimate of drug-likeness (QED) is 0.623. The number of aryl methyl sites for hydroxylation is 1. The number of hydrogen-bond donors (Lipinski definition) is 1. The third-order valence-electron chi connectivity index (χ3n) is 3.89. The van der Waals surface area contributed by atoms with Gasteiger partial charge in [0.05, 0.1) is 12.1 Å². The molecule has 0 spiro atoms. The van der Waals surface area contributed by atoms with E-state index >= 15 is 0 Å². The van der Waals surface area contributed by atoms with E-state index in [1.165, 1.54) is 4.57 Å². The third kappa shape index (κ3) is 2.58. The highest BCUT2D eigenvalue weighted by molar-refractivity contribution is 5.77. The van der Waals surface area contributed by atoms with E-state index in [9.17, 15) is 4.79 Å². The lowest BCUT2D eigenvalue weighted by Crippen LogP contribution is -2.08. The molecule has 4 aromatic rings. The van der Waals surface area contributed by atoms with Crippen LogP contribution in [-0.2, 0) is 13.6 Å². The van der Waals surface area contributed by atoms with E-state index in [0.717, 1.165) is 28.2 Å². The van der Waals surface area contributed by atoms with Crippen molar-refractivity contribution in [1.82, 2.24) is 9.72 Å². The molecule has 2 heterocycles. The van der Waals surface area contributed by atoms with Gasteiger partial charge in [0.25, 0.3) is 0 Å². The Morgan fingerprint density at radius 1 is 1.12 bits per heavy atom. The van der Waals surface area contributed by atoms with Crippen LogP contribution in [-0.4, -0.2) is 9.72 Å². The molecule has 4 rings (SSSR count). The van der Waals surface area contributed by atoms with Crippen LogP contribution in [0.1, 0.15) is 5.76 Å². The van der Waals surface area contributed by atoms with Gasteiger partial charge in [-0.15, -0.1) is 0 Å². The first-order chi connectivity index (χ1) is 11.7. The van der Waals surface area contributed by atoms with Crippen LogP contribution in [0.5, 0.6) is 0 Å². The fourth-order valence-corrected chi connectivity index (χ4v) is 2.57. The molecule has 0 unspecified atom stereocenters. The predicted molar refractivity (Wildman–Crippen MR) is 90.7 cm³/mol. The van der Waals surface area contributed by atoms with Crippen molar-refractivity contribution in [3.63, 3.8) is 0 Å². The molecule has 2 aromatic heterocycles. The average molecular weight is 321 g/mol. The number of benzene rings is 2. The Morgan fingerprint density at radius 2 is 1.96 bits per heavy atom. The molecular weight excluding hydrogens is 306 g/mol. The topological polar surface area (TPSA) is 73.2 Å². The van der Waals surface area contributed by atoms with Crippen molar-refractivity contribution in [2.75, 3.05) is 5.32 Å². The SMILES string of the molecule is Cn1c(=O)oc2ccc(NCc3cc(-c4ccccc4)no3)cc21. The maximum Gasteiger partial charge on any atom is 0.419 e. The van der Waals surface area contributed by atoms with Crippen molar-refractivity contribution < 1.29 is 8.94 Å². The second kappa shape index (κ2) is 5.73. The smallest absolute Gasteiger partial charge is 0.408 e. The molecular formula is C18H15N3O3. The molecule has 0 fully saturated rings. The van der Waals surface area contributed by atoms with Gasteiger partial charge in [0.1, 0.15) is 5.69 Å². The first kappa shape index (κ1) is 14.3. The molecule has 0 saturated carbocycles.